The maximum absolute atomic E-state index is 13.4. The molecule has 0 saturated carbocycles. The van der Waals surface area contributed by atoms with Crippen LogP contribution in [0.4, 0.5) is 0 Å². The summed E-state index contributed by atoms with van der Waals surface area (Å²) < 4.78 is 10.4. The van der Waals surface area contributed by atoms with E-state index < -0.39 is 24.0 Å². The van der Waals surface area contributed by atoms with Gasteiger partial charge in [0.1, 0.15) is 11.7 Å². The average Bonchev–Trinajstić information content (AvgIpc) is 2.78. The molecule has 2 aliphatic heterocycles. The van der Waals surface area contributed by atoms with Gasteiger partial charge in [-0.25, -0.2) is 4.79 Å². The highest BCUT2D eigenvalue weighted by molar-refractivity contribution is 6.06. The molecular weight excluding hydrogens is 386 g/mol. The number of nitrogens with zero attached hydrogens (tertiary/aromatic N) is 2. The zero-order chi connectivity index (χ0) is 21.1. The normalized spacial score (nSPS) is 24.0. The molecule has 0 unspecified atom stereocenters. The van der Waals surface area contributed by atoms with Crippen LogP contribution in [0.2, 0.25) is 0 Å². The highest BCUT2D eigenvalue weighted by atomic mass is 16.5. The summed E-state index contributed by atoms with van der Waals surface area (Å²) in [5.41, 5.74) is 0.259. The number of morpholine rings is 1. The van der Waals surface area contributed by atoms with Crippen LogP contribution in [-0.2, 0) is 19.1 Å². The van der Waals surface area contributed by atoms with Gasteiger partial charge < -0.3 is 19.7 Å². The number of pyridine rings is 1. The smallest absolute Gasteiger partial charge is 0.331 e. The Morgan fingerprint density at radius 3 is 2.80 bits per heavy atom. The van der Waals surface area contributed by atoms with Crippen molar-refractivity contribution in [2.45, 2.75) is 31.0 Å². The quantitative estimate of drug-likeness (QED) is 0.609. The monoisotopic (exact) mass is 409 g/mol. The van der Waals surface area contributed by atoms with Crippen LogP contribution in [-0.4, -0.2) is 66.1 Å². The molecule has 0 radical (unpaired) electrons. The predicted molar refractivity (Wildman–Crippen MR) is 109 cm³/mol. The van der Waals surface area contributed by atoms with Gasteiger partial charge in [-0.2, -0.15) is 0 Å². The largest absolute Gasteiger partial charge is 0.467 e. The molecule has 8 heteroatoms. The molecule has 2 amide bonds. The summed E-state index contributed by atoms with van der Waals surface area (Å²) in [4.78, 5) is 44.4. The standard InChI is InChI=1S/C22H23N3O5/c1-29-22(28)18-13-30-12-15-7-3-5-9-17(21(27)25(15)18)24-20(26)19-16-8-4-2-6-14(16)10-11-23-19/h2-6,8,10-11,15,17-18H,7,9,12-13H2,1H3,(H,24,26)/t15-,17-,18-/m0/s1. The van der Waals surface area contributed by atoms with E-state index in [-0.39, 0.29) is 24.2 Å². The Bertz CT molecular complexity index is 1000. The number of rotatable bonds is 3. The van der Waals surface area contributed by atoms with Crippen molar-refractivity contribution in [2.75, 3.05) is 20.3 Å². The Hall–Kier alpha value is -3.26. The molecule has 156 valence electrons. The van der Waals surface area contributed by atoms with Crippen molar-refractivity contribution >= 4 is 28.6 Å². The fourth-order valence-electron chi connectivity index (χ4n) is 3.98. The molecule has 0 aliphatic carbocycles. The van der Waals surface area contributed by atoms with E-state index >= 15 is 0 Å². The first kappa shape index (κ1) is 20.0. The second-order valence-corrected chi connectivity index (χ2v) is 7.33. The van der Waals surface area contributed by atoms with Crippen LogP contribution in [0.25, 0.3) is 10.8 Å². The minimum atomic E-state index is -0.831. The fourth-order valence-corrected chi connectivity index (χ4v) is 3.98. The summed E-state index contributed by atoms with van der Waals surface area (Å²) in [6, 6.07) is 7.34. The van der Waals surface area contributed by atoms with E-state index in [1.165, 1.54) is 12.0 Å². The number of esters is 1. The van der Waals surface area contributed by atoms with Gasteiger partial charge in [0.05, 0.1) is 26.4 Å². The van der Waals surface area contributed by atoms with Gasteiger partial charge in [0.25, 0.3) is 5.91 Å². The summed E-state index contributed by atoms with van der Waals surface area (Å²) in [6.07, 6.45) is 6.29. The van der Waals surface area contributed by atoms with Crippen molar-refractivity contribution in [1.82, 2.24) is 15.2 Å². The van der Waals surface area contributed by atoms with E-state index in [1.807, 2.05) is 42.5 Å². The second kappa shape index (κ2) is 8.62. The third kappa shape index (κ3) is 3.78. The molecule has 2 aromatic rings. The minimum Gasteiger partial charge on any atom is -0.467 e. The third-order valence-electron chi connectivity index (χ3n) is 5.48. The number of nitrogens with one attached hydrogen (secondary N) is 1. The number of aromatic nitrogens is 1. The lowest BCUT2D eigenvalue weighted by atomic mass is 10.00. The predicted octanol–water partition coefficient (Wildman–Crippen LogP) is 1.45. The lowest BCUT2D eigenvalue weighted by Crippen LogP contribution is -2.62. The maximum Gasteiger partial charge on any atom is 0.331 e. The molecule has 30 heavy (non-hydrogen) atoms. The van der Waals surface area contributed by atoms with Crippen molar-refractivity contribution in [1.29, 1.82) is 0 Å². The molecule has 1 N–H and O–H groups in total. The van der Waals surface area contributed by atoms with Crippen LogP contribution in [0.1, 0.15) is 23.3 Å². The molecule has 4 rings (SSSR count). The van der Waals surface area contributed by atoms with Gasteiger partial charge in [0.2, 0.25) is 5.91 Å². The molecule has 0 spiro atoms. The molecular formula is C22H23N3O5. The second-order valence-electron chi connectivity index (χ2n) is 7.33. The number of hydrogen-bond acceptors (Lipinski definition) is 6. The van der Waals surface area contributed by atoms with Gasteiger partial charge in [-0.15, -0.1) is 0 Å². The Morgan fingerprint density at radius 2 is 1.97 bits per heavy atom. The van der Waals surface area contributed by atoms with Crippen LogP contribution >= 0.6 is 0 Å². The Kier molecular flexibility index (Phi) is 5.76. The van der Waals surface area contributed by atoms with Crippen LogP contribution in [0, 0.1) is 0 Å². The zero-order valence-electron chi connectivity index (χ0n) is 16.6. The van der Waals surface area contributed by atoms with Crippen molar-refractivity contribution < 1.29 is 23.9 Å². The minimum absolute atomic E-state index is 0.0736. The lowest BCUT2D eigenvalue weighted by Gasteiger charge is -2.42. The van der Waals surface area contributed by atoms with E-state index in [2.05, 4.69) is 10.3 Å². The van der Waals surface area contributed by atoms with E-state index in [1.54, 1.807) is 6.20 Å². The zero-order valence-corrected chi connectivity index (χ0v) is 16.6. The molecule has 1 aromatic carbocycles. The molecule has 3 atom stereocenters. The lowest BCUT2D eigenvalue weighted by molar-refractivity contribution is -0.166. The first-order valence-corrected chi connectivity index (χ1v) is 9.87. The van der Waals surface area contributed by atoms with E-state index in [9.17, 15) is 14.4 Å². The van der Waals surface area contributed by atoms with Crippen LogP contribution in [0.15, 0.2) is 48.7 Å². The highest BCUT2D eigenvalue weighted by Crippen LogP contribution is 2.23. The molecule has 0 bridgehead atoms. The average molecular weight is 409 g/mol. The third-order valence-corrected chi connectivity index (χ3v) is 5.48. The fraction of sp³-hybridized carbons (Fsp3) is 0.364. The topological polar surface area (TPSA) is 97.8 Å². The number of ether oxygens (including phenoxy) is 2. The summed E-state index contributed by atoms with van der Waals surface area (Å²) in [7, 11) is 1.28. The van der Waals surface area contributed by atoms with Gasteiger partial charge in [-0.05, 0) is 24.3 Å². The number of carbonyl (C=O) groups excluding carboxylic acids is 3. The molecule has 2 aliphatic rings. The number of hydrogen-bond donors (Lipinski definition) is 1. The number of amides is 2. The van der Waals surface area contributed by atoms with E-state index in [4.69, 9.17) is 9.47 Å². The van der Waals surface area contributed by atoms with Crippen LogP contribution in [0.5, 0.6) is 0 Å². The molecule has 3 heterocycles. The van der Waals surface area contributed by atoms with Crippen molar-refractivity contribution in [2.24, 2.45) is 0 Å². The number of methoxy groups -OCH3 is 1. The summed E-state index contributed by atoms with van der Waals surface area (Å²) >= 11 is 0. The highest BCUT2D eigenvalue weighted by Gasteiger charge is 2.42. The van der Waals surface area contributed by atoms with Crippen molar-refractivity contribution in [3.8, 4) is 0 Å². The van der Waals surface area contributed by atoms with Gasteiger partial charge in [-0.3, -0.25) is 14.6 Å². The first-order valence-electron chi connectivity index (χ1n) is 9.87. The molecule has 1 aromatic heterocycles. The van der Waals surface area contributed by atoms with Gasteiger partial charge in [-0.1, -0.05) is 36.4 Å². The Balaban J connectivity index is 1.62. The summed E-state index contributed by atoms with van der Waals surface area (Å²) in [5.74, 6) is -1.28. The van der Waals surface area contributed by atoms with Gasteiger partial charge in [0.15, 0.2) is 6.04 Å². The van der Waals surface area contributed by atoms with Gasteiger partial charge >= 0.3 is 5.97 Å². The van der Waals surface area contributed by atoms with Crippen LogP contribution < -0.4 is 5.32 Å². The number of fused-ring (bicyclic) bond motifs is 2. The van der Waals surface area contributed by atoms with Crippen LogP contribution in [0.3, 0.4) is 0 Å². The molecule has 1 saturated heterocycles. The Morgan fingerprint density at radius 1 is 1.17 bits per heavy atom. The summed E-state index contributed by atoms with van der Waals surface area (Å²) in [5, 5.41) is 4.42. The maximum atomic E-state index is 13.4. The SMILES string of the molecule is COC(=O)[C@@H]1COC[C@@H]2CC=CC[C@H](NC(=O)c3nccc4ccccc34)C(=O)N21. The molecule has 1 fully saturated rings. The molecule has 8 nitrogen and oxygen atoms in total. The van der Waals surface area contributed by atoms with Crippen molar-refractivity contribution in [3.05, 3.63) is 54.4 Å². The first-order chi connectivity index (χ1) is 14.6. The summed E-state index contributed by atoms with van der Waals surface area (Å²) in [6.45, 7) is 0.402. The van der Waals surface area contributed by atoms with Gasteiger partial charge in [0, 0.05) is 11.6 Å². The number of carbonyl (C=O) groups is 3. The number of benzene rings is 1. The van der Waals surface area contributed by atoms with Crippen molar-refractivity contribution in [3.63, 3.8) is 0 Å². The Labute approximate surface area is 173 Å². The van der Waals surface area contributed by atoms with E-state index in [0.29, 0.717) is 24.8 Å². The van der Waals surface area contributed by atoms with E-state index in [0.717, 1.165) is 5.39 Å².